The van der Waals surface area contributed by atoms with Gasteiger partial charge in [0.1, 0.15) is 5.60 Å². The molecule has 0 radical (unpaired) electrons. The number of hydrogen-bond acceptors (Lipinski definition) is 4. The Morgan fingerprint density at radius 2 is 2.12 bits per heavy atom. The van der Waals surface area contributed by atoms with Crippen LogP contribution in [0.2, 0.25) is 0 Å². The fourth-order valence-electron chi connectivity index (χ4n) is 2.21. The van der Waals surface area contributed by atoms with E-state index in [0.717, 1.165) is 11.3 Å². The largest absolute Gasteiger partial charge is 0.384 e. The van der Waals surface area contributed by atoms with E-state index in [0.29, 0.717) is 5.69 Å². The first-order chi connectivity index (χ1) is 11.5. The van der Waals surface area contributed by atoms with Gasteiger partial charge in [-0.1, -0.05) is 18.2 Å². The quantitative estimate of drug-likeness (QED) is 0.667. The second kappa shape index (κ2) is 6.86. The standard InChI is InChI=1S/C17H18N4O2S/c1-17(23,13-7-8-24-11-13)12-18-16(22)20-14-9-19-21(10-14)15-5-3-2-4-6-15/h2-11,23H,12H2,1H3,(H2,18,20,22). The van der Waals surface area contributed by atoms with Gasteiger partial charge in [0.15, 0.2) is 0 Å². The maximum atomic E-state index is 12.0. The van der Waals surface area contributed by atoms with Crippen molar-refractivity contribution in [1.82, 2.24) is 15.1 Å². The number of hydrogen-bond donors (Lipinski definition) is 3. The molecule has 1 unspecified atom stereocenters. The van der Waals surface area contributed by atoms with E-state index in [1.54, 1.807) is 24.0 Å². The Morgan fingerprint density at radius 1 is 1.33 bits per heavy atom. The highest BCUT2D eigenvalue weighted by Gasteiger charge is 2.24. The molecule has 3 rings (SSSR count). The van der Waals surface area contributed by atoms with E-state index in [2.05, 4.69) is 15.7 Å². The van der Waals surface area contributed by atoms with Crippen LogP contribution >= 0.6 is 11.3 Å². The number of para-hydroxylation sites is 1. The molecule has 2 heterocycles. The number of aromatic nitrogens is 2. The molecule has 1 aromatic carbocycles. The molecule has 0 saturated carbocycles. The maximum Gasteiger partial charge on any atom is 0.319 e. The molecule has 1 atom stereocenters. The lowest BCUT2D eigenvalue weighted by molar-refractivity contribution is 0.0604. The molecular weight excluding hydrogens is 324 g/mol. The van der Waals surface area contributed by atoms with Crippen molar-refractivity contribution < 1.29 is 9.90 Å². The van der Waals surface area contributed by atoms with E-state index in [-0.39, 0.29) is 6.54 Å². The van der Waals surface area contributed by atoms with Crippen LogP contribution in [0.3, 0.4) is 0 Å². The lowest BCUT2D eigenvalue weighted by Gasteiger charge is -2.22. The topological polar surface area (TPSA) is 79.2 Å². The van der Waals surface area contributed by atoms with E-state index in [1.165, 1.54) is 11.3 Å². The lowest BCUT2D eigenvalue weighted by Crippen LogP contribution is -2.40. The fourth-order valence-corrected chi connectivity index (χ4v) is 2.99. The van der Waals surface area contributed by atoms with E-state index in [4.69, 9.17) is 0 Å². The second-order valence-electron chi connectivity index (χ2n) is 5.60. The zero-order valence-corrected chi connectivity index (χ0v) is 14.0. The van der Waals surface area contributed by atoms with Crippen molar-refractivity contribution in [2.75, 3.05) is 11.9 Å². The van der Waals surface area contributed by atoms with Crippen LogP contribution in [-0.2, 0) is 5.60 Å². The summed E-state index contributed by atoms with van der Waals surface area (Å²) in [5, 5.41) is 23.7. The highest BCUT2D eigenvalue weighted by Crippen LogP contribution is 2.22. The molecule has 24 heavy (non-hydrogen) atoms. The van der Waals surface area contributed by atoms with Crippen LogP contribution in [0.1, 0.15) is 12.5 Å². The van der Waals surface area contributed by atoms with Crippen molar-refractivity contribution >= 4 is 23.1 Å². The van der Waals surface area contributed by atoms with Crippen LogP contribution in [0.5, 0.6) is 0 Å². The Balaban J connectivity index is 1.57. The van der Waals surface area contributed by atoms with Crippen molar-refractivity contribution in [2.24, 2.45) is 0 Å². The van der Waals surface area contributed by atoms with Crippen molar-refractivity contribution in [3.8, 4) is 5.69 Å². The number of nitrogens with one attached hydrogen (secondary N) is 2. The molecule has 3 N–H and O–H groups in total. The minimum absolute atomic E-state index is 0.113. The molecule has 0 fully saturated rings. The summed E-state index contributed by atoms with van der Waals surface area (Å²) in [7, 11) is 0. The molecule has 0 aliphatic rings. The monoisotopic (exact) mass is 342 g/mol. The molecule has 124 valence electrons. The number of carbonyl (C=O) groups is 1. The molecule has 0 aliphatic heterocycles. The van der Waals surface area contributed by atoms with Crippen molar-refractivity contribution in [1.29, 1.82) is 0 Å². The first kappa shape index (κ1) is 16.2. The van der Waals surface area contributed by atoms with Gasteiger partial charge in [-0.3, -0.25) is 0 Å². The first-order valence-electron chi connectivity index (χ1n) is 7.44. The number of thiophene rings is 1. The molecule has 0 spiro atoms. The predicted octanol–water partition coefficient (Wildman–Crippen LogP) is 2.96. The third-order valence-electron chi connectivity index (χ3n) is 3.60. The summed E-state index contributed by atoms with van der Waals surface area (Å²) in [6.45, 7) is 1.78. The number of urea groups is 1. The number of rotatable bonds is 5. The summed E-state index contributed by atoms with van der Waals surface area (Å²) in [5.41, 5.74) is 1.16. The third kappa shape index (κ3) is 3.81. The number of carbonyl (C=O) groups excluding carboxylic acids is 1. The van der Waals surface area contributed by atoms with Crippen molar-refractivity contribution in [2.45, 2.75) is 12.5 Å². The molecule has 7 heteroatoms. The predicted molar refractivity (Wildman–Crippen MR) is 94.5 cm³/mol. The highest BCUT2D eigenvalue weighted by molar-refractivity contribution is 7.08. The highest BCUT2D eigenvalue weighted by atomic mass is 32.1. The summed E-state index contributed by atoms with van der Waals surface area (Å²) in [4.78, 5) is 12.0. The minimum Gasteiger partial charge on any atom is -0.384 e. The summed E-state index contributed by atoms with van der Waals surface area (Å²) < 4.78 is 1.68. The molecule has 0 saturated heterocycles. The van der Waals surface area contributed by atoms with Crippen LogP contribution in [0.15, 0.2) is 59.6 Å². The molecule has 2 amide bonds. The smallest absolute Gasteiger partial charge is 0.319 e. The summed E-state index contributed by atoms with van der Waals surface area (Å²) >= 11 is 1.50. The van der Waals surface area contributed by atoms with Gasteiger partial charge in [-0.2, -0.15) is 16.4 Å². The molecular formula is C17H18N4O2S. The van der Waals surface area contributed by atoms with Gasteiger partial charge in [-0.15, -0.1) is 0 Å². The Kier molecular flexibility index (Phi) is 4.64. The van der Waals surface area contributed by atoms with Crippen LogP contribution < -0.4 is 10.6 Å². The normalized spacial score (nSPS) is 13.2. The number of nitrogens with zero attached hydrogens (tertiary/aromatic N) is 2. The average Bonchev–Trinajstić information content (AvgIpc) is 3.26. The van der Waals surface area contributed by atoms with E-state index >= 15 is 0 Å². The Bertz CT molecular complexity index is 797. The maximum absolute atomic E-state index is 12.0. The lowest BCUT2D eigenvalue weighted by atomic mass is 9.99. The second-order valence-corrected chi connectivity index (χ2v) is 6.38. The summed E-state index contributed by atoms with van der Waals surface area (Å²) in [6.07, 6.45) is 3.30. The van der Waals surface area contributed by atoms with Gasteiger partial charge in [-0.05, 0) is 41.4 Å². The number of anilines is 1. The number of amides is 2. The third-order valence-corrected chi connectivity index (χ3v) is 4.28. The van der Waals surface area contributed by atoms with Gasteiger partial charge in [0.25, 0.3) is 0 Å². The Labute approximate surface area is 143 Å². The average molecular weight is 342 g/mol. The molecule has 3 aromatic rings. The molecule has 6 nitrogen and oxygen atoms in total. The van der Waals surface area contributed by atoms with Crippen molar-refractivity contribution in [3.05, 3.63) is 65.1 Å². The summed E-state index contributed by atoms with van der Waals surface area (Å²) in [6, 6.07) is 11.1. The van der Waals surface area contributed by atoms with E-state index < -0.39 is 11.6 Å². The Hall–Kier alpha value is -2.64. The van der Waals surface area contributed by atoms with E-state index in [9.17, 15) is 9.90 Å². The van der Waals surface area contributed by atoms with E-state index in [1.807, 2.05) is 47.2 Å². The summed E-state index contributed by atoms with van der Waals surface area (Å²) in [5.74, 6) is 0. The van der Waals surface area contributed by atoms with Gasteiger partial charge in [0, 0.05) is 0 Å². The van der Waals surface area contributed by atoms with Gasteiger partial charge < -0.3 is 15.7 Å². The molecule has 0 bridgehead atoms. The SMILES string of the molecule is CC(O)(CNC(=O)Nc1cnn(-c2ccccc2)c1)c1ccsc1. The number of aliphatic hydroxyl groups is 1. The van der Waals surface area contributed by atoms with Gasteiger partial charge in [0.2, 0.25) is 0 Å². The Morgan fingerprint density at radius 3 is 2.83 bits per heavy atom. The van der Waals surface area contributed by atoms with Gasteiger partial charge in [0.05, 0.1) is 30.3 Å². The van der Waals surface area contributed by atoms with Crippen LogP contribution in [-0.4, -0.2) is 27.5 Å². The number of benzene rings is 1. The van der Waals surface area contributed by atoms with Gasteiger partial charge >= 0.3 is 6.03 Å². The minimum atomic E-state index is -1.11. The molecule has 2 aromatic heterocycles. The van der Waals surface area contributed by atoms with Gasteiger partial charge in [-0.25, -0.2) is 9.48 Å². The first-order valence-corrected chi connectivity index (χ1v) is 8.39. The zero-order chi connectivity index (χ0) is 17.0. The zero-order valence-electron chi connectivity index (χ0n) is 13.1. The van der Waals surface area contributed by atoms with Crippen molar-refractivity contribution in [3.63, 3.8) is 0 Å². The van der Waals surface area contributed by atoms with Crippen LogP contribution in [0.4, 0.5) is 10.5 Å². The molecule has 0 aliphatic carbocycles. The van der Waals surface area contributed by atoms with Crippen LogP contribution in [0.25, 0.3) is 5.69 Å². The van der Waals surface area contributed by atoms with Crippen LogP contribution in [0, 0.1) is 0 Å². The fraction of sp³-hybridized carbons (Fsp3) is 0.176.